The lowest BCUT2D eigenvalue weighted by Gasteiger charge is -2.39. The summed E-state index contributed by atoms with van der Waals surface area (Å²) in [5.41, 5.74) is 10.8. The maximum absolute atomic E-state index is 5.91. The van der Waals surface area contributed by atoms with Crippen molar-refractivity contribution in [2.45, 2.75) is 37.6 Å². The van der Waals surface area contributed by atoms with Gasteiger partial charge in [-0.3, -0.25) is 4.99 Å². The normalized spacial score (nSPS) is 26.9. The van der Waals surface area contributed by atoms with Gasteiger partial charge >= 0.3 is 0 Å². The minimum Gasteiger partial charge on any atom is -0.399 e. The molecule has 0 spiro atoms. The molecule has 5 nitrogen and oxygen atoms in total. The molecule has 3 unspecified atom stereocenters. The standard InChI is InChI=1S/C25H31N5/c26-20-10-8-18(9-11-20)23-16-19-17-28-25(27-12-5-15-30-13-3-4-14-30)29-24(19)22-7-2-1-6-21(22)23/h1-2,6-11,17,19,23-24H,3-5,12-16,26H2,(H,27,29). The van der Waals surface area contributed by atoms with Crippen LogP contribution in [0, 0.1) is 5.92 Å². The highest BCUT2D eigenvalue weighted by molar-refractivity contribution is 5.91. The molecule has 0 amide bonds. The summed E-state index contributed by atoms with van der Waals surface area (Å²) < 4.78 is 0. The van der Waals surface area contributed by atoms with E-state index in [9.17, 15) is 0 Å². The van der Waals surface area contributed by atoms with Crippen LogP contribution < -0.4 is 11.1 Å². The molecule has 0 bridgehead atoms. The van der Waals surface area contributed by atoms with Gasteiger partial charge in [0.1, 0.15) is 0 Å². The number of guanidine groups is 1. The third kappa shape index (κ3) is 3.99. The molecule has 0 saturated carbocycles. The molecule has 30 heavy (non-hydrogen) atoms. The summed E-state index contributed by atoms with van der Waals surface area (Å²) in [4.78, 5) is 12.0. The first-order valence-corrected chi connectivity index (χ1v) is 11.3. The molecule has 3 atom stereocenters. The summed E-state index contributed by atoms with van der Waals surface area (Å²) in [7, 11) is 0. The van der Waals surface area contributed by atoms with Crippen molar-refractivity contribution >= 4 is 17.9 Å². The average molecular weight is 402 g/mol. The molecule has 1 saturated heterocycles. The smallest absolute Gasteiger partial charge is 0.218 e. The van der Waals surface area contributed by atoms with Crippen molar-refractivity contribution in [1.82, 2.24) is 10.2 Å². The summed E-state index contributed by atoms with van der Waals surface area (Å²) in [6.45, 7) is 4.49. The number of aliphatic imine (C=N–C) groups is 2. The van der Waals surface area contributed by atoms with Crippen LogP contribution in [0.15, 0.2) is 58.5 Å². The topological polar surface area (TPSA) is 66.0 Å². The van der Waals surface area contributed by atoms with Gasteiger partial charge in [-0.05, 0) is 74.1 Å². The Labute approximate surface area is 179 Å². The number of benzene rings is 2. The highest BCUT2D eigenvalue weighted by Crippen LogP contribution is 2.44. The molecule has 3 N–H and O–H groups in total. The molecule has 156 valence electrons. The Morgan fingerprint density at radius 3 is 2.60 bits per heavy atom. The van der Waals surface area contributed by atoms with Gasteiger partial charge in [0.25, 0.3) is 0 Å². The van der Waals surface area contributed by atoms with Crippen molar-refractivity contribution in [3.8, 4) is 0 Å². The van der Waals surface area contributed by atoms with Crippen LogP contribution in [0.2, 0.25) is 0 Å². The fourth-order valence-electron chi connectivity index (χ4n) is 5.17. The van der Waals surface area contributed by atoms with Crippen LogP contribution in [-0.4, -0.2) is 43.3 Å². The lowest BCUT2D eigenvalue weighted by molar-refractivity contribution is 0.336. The van der Waals surface area contributed by atoms with Crippen LogP contribution in [0.4, 0.5) is 5.69 Å². The third-order valence-corrected chi connectivity index (χ3v) is 6.75. The van der Waals surface area contributed by atoms with Gasteiger partial charge in [0.2, 0.25) is 5.96 Å². The summed E-state index contributed by atoms with van der Waals surface area (Å²) in [5.74, 6) is 1.53. The van der Waals surface area contributed by atoms with Crippen LogP contribution in [-0.2, 0) is 0 Å². The van der Waals surface area contributed by atoms with Gasteiger partial charge in [0, 0.05) is 30.3 Å². The van der Waals surface area contributed by atoms with Crippen LogP contribution in [0.3, 0.4) is 0 Å². The SMILES string of the molecule is Nc1ccc(C2CC3C=NC(=NCCCN4CCCC4)NC3c3ccccc32)cc1. The molecule has 5 rings (SSSR count). The number of hydrogen-bond donors (Lipinski definition) is 2. The molecule has 2 aliphatic heterocycles. The Hall–Kier alpha value is -2.66. The summed E-state index contributed by atoms with van der Waals surface area (Å²) in [6.07, 6.45) is 6.97. The van der Waals surface area contributed by atoms with E-state index >= 15 is 0 Å². The second-order valence-electron chi connectivity index (χ2n) is 8.76. The van der Waals surface area contributed by atoms with E-state index in [1.807, 2.05) is 12.1 Å². The highest BCUT2D eigenvalue weighted by atomic mass is 15.2. The Balaban J connectivity index is 1.32. The number of likely N-dealkylation sites (tertiary alicyclic amines) is 1. The van der Waals surface area contributed by atoms with Crippen molar-refractivity contribution in [1.29, 1.82) is 0 Å². The molecule has 2 aromatic rings. The van der Waals surface area contributed by atoms with Crippen molar-refractivity contribution in [2.24, 2.45) is 15.9 Å². The zero-order valence-corrected chi connectivity index (χ0v) is 17.5. The van der Waals surface area contributed by atoms with Crippen LogP contribution in [0.5, 0.6) is 0 Å². The molecule has 2 heterocycles. The fourth-order valence-corrected chi connectivity index (χ4v) is 5.17. The van der Waals surface area contributed by atoms with E-state index in [2.05, 4.69) is 57.8 Å². The van der Waals surface area contributed by atoms with E-state index in [0.717, 1.165) is 37.6 Å². The van der Waals surface area contributed by atoms with Gasteiger partial charge in [-0.25, -0.2) is 4.99 Å². The quantitative estimate of drug-likeness (QED) is 0.588. The number of nitrogens with zero attached hydrogens (tertiary/aromatic N) is 3. The second kappa shape index (κ2) is 8.60. The van der Waals surface area contributed by atoms with Gasteiger partial charge in [0.05, 0.1) is 6.04 Å². The maximum Gasteiger partial charge on any atom is 0.218 e. The molecule has 0 aromatic heterocycles. The maximum atomic E-state index is 5.91. The summed E-state index contributed by atoms with van der Waals surface area (Å²) in [5, 5.41) is 3.64. The number of nitrogen functional groups attached to an aromatic ring is 1. The van der Waals surface area contributed by atoms with Crippen molar-refractivity contribution < 1.29 is 0 Å². The number of nitrogens with one attached hydrogen (secondary N) is 1. The molecule has 0 radical (unpaired) electrons. The van der Waals surface area contributed by atoms with Crippen LogP contribution >= 0.6 is 0 Å². The average Bonchev–Trinajstić information content (AvgIpc) is 3.30. The number of rotatable bonds is 5. The fraction of sp³-hybridized carbons (Fsp3) is 0.440. The zero-order valence-electron chi connectivity index (χ0n) is 17.5. The number of fused-ring (bicyclic) bond motifs is 3. The van der Waals surface area contributed by atoms with E-state index in [1.54, 1.807) is 0 Å². The van der Waals surface area contributed by atoms with E-state index in [0.29, 0.717) is 11.8 Å². The minimum absolute atomic E-state index is 0.251. The van der Waals surface area contributed by atoms with Crippen molar-refractivity contribution in [3.05, 3.63) is 65.2 Å². The summed E-state index contributed by atoms with van der Waals surface area (Å²) >= 11 is 0. The molecule has 2 aromatic carbocycles. The van der Waals surface area contributed by atoms with Gasteiger partial charge in [-0.15, -0.1) is 0 Å². The lowest BCUT2D eigenvalue weighted by Crippen LogP contribution is -2.41. The van der Waals surface area contributed by atoms with E-state index in [-0.39, 0.29) is 6.04 Å². The second-order valence-corrected chi connectivity index (χ2v) is 8.76. The number of hydrogen-bond acceptors (Lipinski definition) is 3. The molecular weight excluding hydrogens is 370 g/mol. The molecule has 3 aliphatic rings. The van der Waals surface area contributed by atoms with E-state index < -0.39 is 0 Å². The predicted molar refractivity (Wildman–Crippen MR) is 124 cm³/mol. The van der Waals surface area contributed by atoms with Gasteiger partial charge in [-0.1, -0.05) is 36.4 Å². The molecule has 1 fully saturated rings. The first kappa shape index (κ1) is 19.3. The Bertz CT molecular complexity index is 927. The summed E-state index contributed by atoms with van der Waals surface area (Å²) in [6, 6.07) is 17.4. The monoisotopic (exact) mass is 401 g/mol. The molecular formula is C25H31N5. The van der Waals surface area contributed by atoms with Gasteiger partial charge in [-0.2, -0.15) is 0 Å². The third-order valence-electron chi connectivity index (χ3n) is 6.75. The van der Waals surface area contributed by atoms with Gasteiger partial charge in [0.15, 0.2) is 0 Å². The Morgan fingerprint density at radius 2 is 1.80 bits per heavy atom. The van der Waals surface area contributed by atoms with E-state index in [4.69, 9.17) is 10.7 Å². The predicted octanol–water partition coefficient (Wildman–Crippen LogP) is 3.98. The first-order valence-electron chi connectivity index (χ1n) is 11.3. The molecule has 1 aliphatic carbocycles. The zero-order chi connectivity index (χ0) is 20.3. The Kier molecular flexibility index (Phi) is 5.54. The van der Waals surface area contributed by atoms with E-state index in [1.165, 1.54) is 42.6 Å². The lowest BCUT2D eigenvalue weighted by atomic mass is 9.71. The molecule has 5 heteroatoms. The first-order chi connectivity index (χ1) is 14.8. The highest BCUT2D eigenvalue weighted by Gasteiger charge is 2.36. The Morgan fingerprint density at radius 1 is 1.03 bits per heavy atom. The minimum atomic E-state index is 0.251. The van der Waals surface area contributed by atoms with Gasteiger partial charge < -0.3 is 16.0 Å². The van der Waals surface area contributed by atoms with Crippen LogP contribution in [0.25, 0.3) is 0 Å². The number of anilines is 1. The van der Waals surface area contributed by atoms with Crippen molar-refractivity contribution in [2.75, 3.05) is 31.9 Å². The van der Waals surface area contributed by atoms with Crippen molar-refractivity contribution in [3.63, 3.8) is 0 Å². The largest absolute Gasteiger partial charge is 0.399 e. The van der Waals surface area contributed by atoms with Crippen LogP contribution in [0.1, 0.15) is 54.3 Å². The number of nitrogens with two attached hydrogens (primary N) is 1.